The van der Waals surface area contributed by atoms with Crippen molar-refractivity contribution in [1.29, 1.82) is 0 Å². The van der Waals surface area contributed by atoms with Crippen molar-refractivity contribution >= 4 is 5.91 Å². The number of carbonyl (C=O) groups excluding carboxylic acids is 1. The van der Waals surface area contributed by atoms with Gasteiger partial charge in [0.05, 0.1) is 5.56 Å². The van der Waals surface area contributed by atoms with Gasteiger partial charge in [-0.05, 0) is 68.8 Å². The molecule has 3 rings (SSSR count). The Bertz CT molecular complexity index is 550. The van der Waals surface area contributed by atoms with Crippen molar-refractivity contribution in [3.63, 3.8) is 0 Å². The van der Waals surface area contributed by atoms with Gasteiger partial charge in [0.2, 0.25) is 0 Å². The summed E-state index contributed by atoms with van der Waals surface area (Å²) in [6.45, 7) is 2.91. The first-order chi connectivity index (χ1) is 10.7. The predicted octanol–water partition coefficient (Wildman–Crippen LogP) is 3.06. The molecule has 22 heavy (non-hydrogen) atoms. The number of piperidine rings is 2. The van der Waals surface area contributed by atoms with Crippen molar-refractivity contribution < 1.29 is 13.6 Å². The Kier molecular flexibility index (Phi) is 4.71. The average molecular weight is 308 g/mol. The first kappa shape index (κ1) is 15.4. The summed E-state index contributed by atoms with van der Waals surface area (Å²) < 4.78 is 28.7. The SMILES string of the molecule is O=C(c1cc(F)c(C2CCNCC2)cc1F)N1CCCCC1. The number of hydrogen-bond acceptors (Lipinski definition) is 2. The Balaban J connectivity index is 1.83. The van der Waals surface area contributed by atoms with Crippen LogP contribution in [-0.2, 0) is 0 Å². The Morgan fingerprint density at radius 3 is 2.41 bits per heavy atom. The molecule has 0 spiro atoms. The molecule has 0 atom stereocenters. The van der Waals surface area contributed by atoms with Crippen LogP contribution in [0, 0.1) is 11.6 Å². The molecule has 0 radical (unpaired) electrons. The molecule has 2 fully saturated rings. The Labute approximate surface area is 129 Å². The summed E-state index contributed by atoms with van der Waals surface area (Å²) in [7, 11) is 0. The molecule has 3 nitrogen and oxygen atoms in total. The van der Waals surface area contributed by atoms with E-state index in [-0.39, 0.29) is 17.4 Å². The lowest BCUT2D eigenvalue weighted by Crippen LogP contribution is -2.36. The molecular weight excluding hydrogens is 286 g/mol. The van der Waals surface area contributed by atoms with Crippen LogP contribution in [0.5, 0.6) is 0 Å². The lowest BCUT2D eigenvalue weighted by molar-refractivity contribution is 0.0719. The summed E-state index contributed by atoms with van der Waals surface area (Å²) >= 11 is 0. The van der Waals surface area contributed by atoms with Gasteiger partial charge in [0, 0.05) is 13.1 Å². The van der Waals surface area contributed by atoms with Gasteiger partial charge in [-0.1, -0.05) is 0 Å². The summed E-state index contributed by atoms with van der Waals surface area (Å²) in [5.41, 5.74) is 0.284. The number of amides is 1. The fourth-order valence-electron chi connectivity index (χ4n) is 3.44. The molecule has 1 amide bonds. The van der Waals surface area contributed by atoms with Gasteiger partial charge < -0.3 is 10.2 Å². The van der Waals surface area contributed by atoms with E-state index in [9.17, 15) is 13.6 Å². The zero-order valence-corrected chi connectivity index (χ0v) is 12.7. The van der Waals surface area contributed by atoms with Crippen molar-refractivity contribution in [2.45, 2.75) is 38.0 Å². The van der Waals surface area contributed by atoms with Crippen LogP contribution in [0.2, 0.25) is 0 Å². The number of carbonyl (C=O) groups is 1. The molecule has 0 unspecified atom stereocenters. The number of halogens is 2. The fraction of sp³-hybridized carbons (Fsp3) is 0.588. The largest absolute Gasteiger partial charge is 0.339 e. The van der Waals surface area contributed by atoms with Crippen LogP contribution in [0.4, 0.5) is 8.78 Å². The Morgan fingerprint density at radius 2 is 1.73 bits per heavy atom. The first-order valence-electron chi connectivity index (χ1n) is 8.16. The second-order valence-electron chi connectivity index (χ2n) is 6.23. The molecule has 0 aliphatic carbocycles. The van der Waals surface area contributed by atoms with Crippen molar-refractivity contribution in [3.05, 3.63) is 34.9 Å². The maximum Gasteiger partial charge on any atom is 0.256 e. The molecule has 0 bridgehead atoms. The van der Waals surface area contributed by atoms with Crippen LogP contribution in [0.15, 0.2) is 12.1 Å². The van der Waals surface area contributed by atoms with Gasteiger partial charge in [-0.3, -0.25) is 4.79 Å². The molecule has 2 saturated heterocycles. The van der Waals surface area contributed by atoms with Gasteiger partial charge in [-0.2, -0.15) is 0 Å². The van der Waals surface area contributed by atoms with Crippen LogP contribution in [-0.4, -0.2) is 37.0 Å². The highest BCUT2D eigenvalue weighted by Crippen LogP contribution is 2.29. The summed E-state index contributed by atoms with van der Waals surface area (Å²) in [4.78, 5) is 14.0. The first-order valence-corrected chi connectivity index (χ1v) is 8.16. The third-order valence-electron chi connectivity index (χ3n) is 4.74. The topological polar surface area (TPSA) is 32.3 Å². The second kappa shape index (κ2) is 6.73. The second-order valence-corrected chi connectivity index (χ2v) is 6.23. The van der Waals surface area contributed by atoms with E-state index in [4.69, 9.17) is 0 Å². The predicted molar refractivity (Wildman–Crippen MR) is 81.0 cm³/mol. The molecule has 0 aromatic heterocycles. The monoisotopic (exact) mass is 308 g/mol. The van der Waals surface area contributed by atoms with Gasteiger partial charge in [0.1, 0.15) is 11.6 Å². The van der Waals surface area contributed by atoms with Gasteiger partial charge in [-0.25, -0.2) is 8.78 Å². The number of nitrogens with zero attached hydrogens (tertiary/aromatic N) is 1. The minimum Gasteiger partial charge on any atom is -0.339 e. The van der Waals surface area contributed by atoms with E-state index in [2.05, 4.69) is 5.32 Å². The fourth-order valence-corrected chi connectivity index (χ4v) is 3.44. The standard InChI is InChI=1S/C17H22F2N2O/c18-15-11-14(17(22)21-8-2-1-3-9-21)16(19)10-13(15)12-4-6-20-7-5-12/h10-12,20H,1-9H2. The van der Waals surface area contributed by atoms with Gasteiger partial charge in [-0.15, -0.1) is 0 Å². The molecule has 1 aromatic carbocycles. The Morgan fingerprint density at radius 1 is 1.05 bits per heavy atom. The van der Waals surface area contributed by atoms with Gasteiger partial charge >= 0.3 is 0 Å². The van der Waals surface area contributed by atoms with Crippen molar-refractivity contribution in [1.82, 2.24) is 10.2 Å². The van der Waals surface area contributed by atoms with E-state index < -0.39 is 11.6 Å². The third-order valence-corrected chi connectivity index (χ3v) is 4.74. The van der Waals surface area contributed by atoms with Crippen LogP contribution < -0.4 is 5.32 Å². The molecule has 1 N–H and O–H groups in total. The van der Waals surface area contributed by atoms with E-state index in [0.717, 1.165) is 51.3 Å². The minimum absolute atomic E-state index is 0.0369. The van der Waals surface area contributed by atoms with Crippen LogP contribution >= 0.6 is 0 Å². The lowest BCUT2D eigenvalue weighted by Gasteiger charge is -2.27. The zero-order valence-electron chi connectivity index (χ0n) is 12.7. The number of hydrogen-bond donors (Lipinski definition) is 1. The van der Waals surface area contributed by atoms with Crippen molar-refractivity contribution in [2.75, 3.05) is 26.2 Å². The summed E-state index contributed by atoms with van der Waals surface area (Å²) in [5.74, 6) is -1.39. The average Bonchev–Trinajstić information content (AvgIpc) is 2.57. The number of likely N-dealkylation sites (tertiary alicyclic amines) is 1. The van der Waals surface area contributed by atoms with Gasteiger partial charge in [0.25, 0.3) is 5.91 Å². The molecule has 2 aliphatic rings. The van der Waals surface area contributed by atoms with Crippen molar-refractivity contribution in [3.8, 4) is 0 Å². The van der Waals surface area contributed by atoms with Crippen LogP contribution in [0.3, 0.4) is 0 Å². The van der Waals surface area contributed by atoms with E-state index in [1.165, 1.54) is 6.07 Å². The molecule has 2 aliphatic heterocycles. The summed E-state index contributed by atoms with van der Waals surface area (Å²) in [6, 6.07) is 2.34. The smallest absolute Gasteiger partial charge is 0.256 e. The number of rotatable bonds is 2. The Hall–Kier alpha value is -1.49. The van der Waals surface area contributed by atoms with E-state index >= 15 is 0 Å². The quantitative estimate of drug-likeness (QED) is 0.911. The summed E-state index contributed by atoms with van der Waals surface area (Å²) in [5, 5.41) is 3.21. The minimum atomic E-state index is -0.592. The maximum absolute atomic E-state index is 14.4. The molecular formula is C17H22F2N2O. The number of benzene rings is 1. The van der Waals surface area contributed by atoms with E-state index in [1.807, 2.05) is 0 Å². The number of nitrogens with one attached hydrogen (secondary N) is 1. The highest BCUT2D eigenvalue weighted by atomic mass is 19.1. The highest BCUT2D eigenvalue weighted by Gasteiger charge is 2.25. The third kappa shape index (κ3) is 3.14. The normalized spacial score (nSPS) is 20.2. The molecule has 2 heterocycles. The maximum atomic E-state index is 14.4. The lowest BCUT2D eigenvalue weighted by atomic mass is 9.89. The van der Waals surface area contributed by atoms with E-state index in [0.29, 0.717) is 18.7 Å². The van der Waals surface area contributed by atoms with Crippen LogP contribution in [0.1, 0.15) is 53.9 Å². The molecule has 5 heteroatoms. The molecule has 120 valence electrons. The van der Waals surface area contributed by atoms with Gasteiger partial charge in [0.15, 0.2) is 0 Å². The highest BCUT2D eigenvalue weighted by molar-refractivity contribution is 5.94. The summed E-state index contributed by atoms with van der Waals surface area (Å²) in [6.07, 6.45) is 4.56. The van der Waals surface area contributed by atoms with Crippen LogP contribution in [0.25, 0.3) is 0 Å². The molecule has 1 aromatic rings. The molecule has 0 saturated carbocycles. The van der Waals surface area contributed by atoms with E-state index in [1.54, 1.807) is 4.90 Å². The van der Waals surface area contributed by atoms with Crippen molar-refractivity contribution in [2.24, 2.45) is 0 Å². The zero-order chi connectivity index (χ0) is 15.5.